The molecule has 0 aliphatic carbocycles. The average molecular weight is 313 g/mol. The predicted molar refractivity (Wildman–Crippen MR) is 85.1 cm³/mol. The van der Waals surface area contributed by atoms with Crippen LogP contribution in [0.25, 0.3) is 0 Å². The molecule has 0 bridgehead atoms. The number of aromatic nitrogens is 1. The maximum absolute atomic E-state index is 12.1. The molecule has 0 unspecified atom stereocenters. The van der Waals surface area contributed by atoms with Crippen LogP contribution in [0.2, 0.25) is 0 Å². The van der Waals surface area contributed by atoms with Gasteiger partial charge >= 0.3 is 0 Å². The van der Waals surface area contributed by atoms with Crippen LogP contribution in [0.4, 0.5) is 10.9 Å². The molecule has 1 aromatic heterocycles. The first kappa shape index (κ1) is 16.0. The Kier molecular flexibility index (Phi) is 6.21. The van der Waals surface area contributed by atoms with E-state index in [0.29, 0.717) is 30.5 Å². The van der Waals surface area contributed by atoms with E-state index in [1.165, 1.54) is 11.3 Å². The van der Waals surface area contributed by atoms with Crippen LogP contribution in [0.15, 0.2) is 0 Å². The number of thiazole rings is 1. The van der Waals surface area contributed by atoms with E-state index in [1.807, 2.05) is 0 Å². The fourth-order valence-corrected chi connectivity index (χ4v) is 3.00. The number of nitrogen functional groups attached to an aromatic ring is 1. The lowest BCUT2D eigenvalue weighted by Crippen LogP contribution is -2.36. The van der Waals surface area contributed by atoms with Crippen LogP contribution in [0, 0.1) is 0 Å². The highest BCUT2D eigenvalue weighted by Crippen LogP contribution is 2.28. The van der Waals surface area contributed by atoms with Crippen LogP contribution in [0.3, 0.4) is 0 Å². The van der Waals surface area contributed by atoms with E-state index >= 15 is 0 Å². The Morgan fingerprint density at radius 2 is 2.19 bits per heavy atom. The molecule has 0 saturated carbocycles. The van der Waals surface area contributed by atoms with Gasteiger partial charge in [-0.1, -0.05) is 18.3 Å². The summed E-state index contributed by atoms with van der Waals surface area (Å²) < 4.78 is 5.31. The molecule has 1 amide bonds. The van der Waals surface area contributed by atoms with Gasteiger partial charge in [0.05, 0.1) is 13.2 Å². The number of nitrogens with zero attached hydrogens (tertiary/aromatic N) is 2. The zero-order chi connectivity index (χ0) is 15.1. The van der Waals surface area contributed by atoms with E-state index in [-0.39, 0.29) is 5.91 Å². The number of rotatable bonds is 7. The molecule has 1 aliphatic heterocycles. The smallest absolute Gasteiger partial charge is 0.265 e. The van der Waals surface area contributed by atoms with Crippen LogP contribution in [0.1, 0.15) is 23.0 Å². The first-order valence-corrected chi connectivity index (χ1v) is 8.12. The summed E-state index contributed by atoms with van der Waals surface area (Å²) in [5.41, 5.74) is 5.87. The first-order chi connectivity index (χ1) is 10.2. The van der Waals surface area contributed by atoms with E-state index < -0.39 is 0 Å². The average Bonchev–Trinajstić information content (AvgIpc) is 2.90. The van der Waals surface area contributed by atoms with Gasteiger partial charge in [0, 0.05) is 19.6 Å². The lowest BCUT2D eigenvalue weighted by atomic mass is 10.4. The number of morpholine rings is 1. The molecule has 21 heavy (non-hydrogen) atoms. The molecule has 0 radical (unpaired) electrons. The normalized spacial score (nSPS) is 15.2. The quantitative estimate of drug-likeness (QED) is 0.627. The van der Waals surface area contributed by atoms with Crippen molar-refractivity contribution >= 4 is 28.2 Å². The van der Waals surface area contributed by atoms with E-state index in [4.69, 9.17) is 10.5 Å². The van der Waals surface area contributed by atoms with Crippen LogP contribution in [0.5, 0.6) is 0 Å². The minimum absolute atomic E-state index is 0.138. The number of nitrogens with two attached hydrogens (primary N) is 1. The molecule has 8 heteroatoms. The number of carbonyl (C=O) groups is 1. The van der Waals surface area contributed by atoms with Gasteiger partial charge in [0.2, 0.25) is 0 Å². The third kappa shape index (κ3) is 4.55. The number of carbonyl (C=O) groups excluding carboxylic acids is 1. The summed E-state index contributed by atoms with van der Waals surface area (Å²) in [5, 5.41) is 6.90. The number of nitrogens with one attached hydrogen (secondary N) is 2. The molecule has 0 aromatic carbocycles. The van der Waals surface area contributed by atoms with Crippen LogP contribution in [-0.2, 0) is 4.74 Å². The maximum atomic E-state index is 12.1. The molecular weight excluding hydrogens is 290 g/mol. The Balaban J connectivity index is 1.87. The zero-order valence-electron chi connectivity index (χ0n) is 12.4. The summed E-state index contributed by atoms with van der Waals surface area (Å²) in [6, 6.07) is 0. The predicted octanol–water partition coefficient (Wildman–Crippen LogP) is 0.291. The lowest BCUT2D eigenvalue weighted by molar-refractivity contribution is 0.0958. The molecule has 1 fully saturated rings. The van der Waals surface area contributed by atoms with Gasteiger partial charge in [-0.3, -0.25) is 4.79 Å². The fraction of sp³-hybridized carbons (Fsp3) is 0.692. The van der Waals surface area contributed by atoms with Gasteiger partial charge in [-0.2, -0.15) is 0 Å². The minimum atomic E-state index is -0.138. The third-order valence-electron chi connectivity index (χ3n) is 3.20. The number of ether oxygens (including phenoxy) is 1. The second kappa shape index (κ2) is 8.16. The molecule has 1 aromatic rings. The molecule has 7 nitrogen and oxygen atoms in total. The lowest BCUT2D eigenvalue weighted by Gasteiger charge is -2.25. The number of amides is 1. The molecule has 1 aliphatic rings. The van der Waals surface area contributed by atoms with Gasteiger partial charge in [0.25, 0.3) is 5.91 Å². The van der Waals surface area contributed by atoms with Gasteiger partial charge in [-0.25, -0.2) is 4.98 Å². The zero-order valence-corrected chi connectivity index (χ0v) is 13.2. The maximum Gasteiger partial charge on any atom is 0.265 e. The van der Waals surface area contributed by atoms with Gasteiger partial charge in [-0.15, -0.1) is 0 Å². The summed E-state index contributed by atoms with van der Waals surface area (Å²) in [5.74, 6) is 0.173. The Morgan fingerprint density at radius 1 is 1.43 bits per heavy atom. The first-order valence-electron chi connectivity index (χ1n) is 7.30. The minimum Gasteiger partial charge on any atom is -0.382 e. The van der Waals surface area contributed by atoms with Crippen molar-refractivity contribution in [2.24, 2.45) is 0 Å². The van der Waals surface area contributed by atoms with Gasteiger partial charge in [0.1, 0.15) is 10.7 Å². The molecule has 2 heterocycles. The second-order valence-corrected chi connectivity index (χ2v) is 5.75. The number of hydrogen-bond acceptors (Lipinski definition) is 7. The molecule has 1 saturated heterocycles. The Labute approximate surface area is 128 Å². The summed E-state index contributed by atoms with van der Waals surface area (Å²) in [6.07, 6.45) is 0.897. The van der Waals surface area contributed by atoms with Crippen molar-refractivity contribution in [2.75, 3.05) is 56.6 Å². The van der Waals surface area contributed by atoms with E-state index in [0.717, 1.165) is 37.7 Å². The molecule has 118 valence electrons. The molecule has 4 N–H and O–H groups in total. The van der Waals surface area contributed by atoms with E-state index in [1.54, 1.807) is 0 Å². The van der Waals surface area contributed by atoms with E-state index in [9.17, 15) is 4.79 Å². The molecule has 2 rings (SSSR count). The van der Waals surface area contributed by atoms with Crippen molar-refractivity contribution in [2.45, 2.75) is 13.3 Å². The van der Waals surface area contributed by atoms with Gasteiger partial charge in [0.15, 0.2) is 5.13 Å². The summed E-state index contributed by atoms with van der Waals surface area (Å²) in [4.78, 5) is 19.0. The van der Waals surface area contributed by atoms with Crippen LogP contribution in [-0.4, -0.2) is 56.8 Å². The highest BCUT2D eigenvalue weighted by molar-refractivity contribution is 7.18. The topological polar surface area (TPSA) is 92.5 Å². The Hall–Kier alpha value is -1.38. The fourth-order valence-electron chi connectivity index (χ4n) is 2.05. The van der Waals surface area contributed by atoms with Crippen molar-refractivity contribution in [1.29, 1.82) is 0 Å². The molecule has 0 atom stereocenters. The van der Waals surface area contributed by atoms with Crippen LogP contribution < -0.4 is 21.3 Å². The standard InChI is InChI=1S/C13H23N5O2S/c1-2-15-4-3-5-16-12(19)10-11(14)17-13(21-10)18-6-8-20-9-7-18/h15H,2-9,14H2,1H3,(H,16,19). The number of hydrogen-bond donors (Lipinski definition) is 3. The van der Waals surface area contributed by atoms with Crippen molar-refractivity contribution in [1.82, 2.24) is 15.6 Å². The third-order valence-corrected chi connectivity index (χ3v) is 4.33. The largest absolute Gasteiger partial charge is 0.382 e. The van der Waals surface area contributed by atoms with Crippen molar-refractivity contribution in [3.8, 4) is 0 Å². The van der Waals surface area contributed by atoms with E-state index in [2.05, 4.69) is 27.4 Å². The highest BCUT2D eigenvalue weighted by Gasteiger charge is 2.20. The highest BCUT2D eigenvalue weighted by atomic mass is 32.1. The number of anilines is 2. The Morgan fingerprint density at radius 3 is 2.90 bits per heavy atom. The van der Waals surface area contributed by atoms with Crippen molar-refractivity contribution < 1.29 is 9.53 Å². The second-order valence-electron chi connectivity index (χ2n) is 4.77. The van der Waals surface area contributed by atoms with Crippen molar-refractivity contribution in [3.05, 3.63) is 4.88 Å². The summed E-state index contributed by atoms with van der Waals surface area (Å²) >= 11 is 1.35. The SMILES string of the molecule is CCNCCCNC(=O)c1sc(N2CCOCC2)nc1N. The summed E-state index contributed by atoms with van der Waals surface area (Å²) in [6.45, 7) is 7.48. The monoisotopic (exact) mass is 313 g/mol. The van der Waals surface area contributed by atoms with Crippen LogP contribution >= 0.6 is 11.3 Å². The van der Waals surface area contributed by atoms with Crippen molar-refractivity contribution in [3.63, 3.8) is 0 Å². The van der Waals surface area contributed by atoms with Gasteiger partial charge < -0.3 is 26.0 Å². The van der Waals surface area contributed by atoms with Gasteiger partial charge in [-0.05, 0) is 19.5 Å². The molecular formula is C13H23N5O2S. The Bertz CT molecular complexity index is 459. The summed E-state index contributed by atoms with van der Waals surface area (Å²) in [7, 11) is 0. The molecule has 0 spiro atoms.